The molecule has 0 unspecified atom stereocenters. The van der Waals surface area contributed by atoms with Crippen LogP contribution < -0.4 is 5.73 Å². The first-order chi connectivity index (χ1) is 7.72. The van der Waals surface area contributed by atoms with E-state index in [0.29, 0.717) is 6.54 Å². The van der Waals surface area contributed by atoms with Crippen LogP contribution in [0, 0.1) is 11.6 Å². The lowest BCUT2D eigenvalue weighted by molar-refractivity contribution is 0.588. The first-order valence-electron chi connectivity index (χ1n) is 4.81. The van der Waals surface area contributed by atoms with Gasteiger partial charge in [0.1, 0.15) is 11.6 Å². The van der Waals surface area contributed by atoms with E-state index in [0.717, 1.165) is 5.56 Å². The normalized spacial score (nSPS) is 10.4. The van der Waals surface area contributed by atoms with Gasteiger partial charge in [0.25, 0.3) is 0 Å². The molecule has 0 aliphatic heterocycles. The maximum Gasteiger partial charge on any atom is 0.135 e. The number of rotatable bonds is 2. The van der Waals surface area contributed by atoms with Crippen molar-refractivity contribution in [3.63, 3.8) is 0 Å². The van der Waals surface area contributed by atoms with Crippen LogP contribution in [0.1, 0.15) is 5.56 Å². The molecule has 1 aromatic carbocycles. The van der Waals surface area contributed by atoms with Crippen LogP contribution in [0.4, 0.5) is 8.78 Å². The van der Waals surface area contributed by atoms with E-state index in [4.69, 9.17) is 5.73 Å². The predicted octanol–water partition coefficient (Wildman–Crippen LogP) is 2.49. The molecule has 0 spiro atoms. The van der Waals surface area contributed by atoms with Crippen LogP contribution in [0.2, 0.25) is 0 Å². The number of benzene rings is 1. The maximum atomic E-state index is 13.4. The number of nitrogens with two attached hydrogens (primary N) is 1. The summed E-state index contributed by atoms with van der Waals surface area (Å²) in [4.78, 5) is 3.98. The molecule has 1 heterocycles. The minimum Gasteiger partial charge on any atom is -0.326 e. The van der Waals surface area contributed by atoms with Gasteiger partial charge in [-0.3, -0.25) is 4.98 Å². The van der Waals surface area contributed by atoms with Crippen molar-refractivity contribution in [1.82, 2.24) is 4.98 Å². The summed E-state index contributed by atoms with van der Waals surface area (Å²) in [6.45, 7) is 0.354. The standard InChI is InChI=1S/C12H10F2N2/c13-9-2-1-3-10(14)12(9)11-5-4-8(6-15)7-16-11/h1-5,7H,6,15H2. The zero-order valence-corrected chi connectivity index (χ0v) is 8.45. The second kappa shape index (κ2) is 4.37. The number of hydrogen-bond acceptors (Lipinski definition) is 2. The Hall–Kier alpha value is -1.81. The molecule has 0 amide bonds. The molecule has 0 saturated carbocycles. The lowest BCUT2D eigenvalue weighted by Gasteiger charge is -2.04. The quantitative estimate of drug-likeness (QED) is 0.844. The van der Waals surface area contributed by atoms with E-state index in [1.165, 1.54) is 24.4 Å². The van der Waals surface area contributed by atoms with E-state index >= 15 is 0 Å². The number of pyridine rings is 1. The van der Waals surface area contributed by atoms with E-state index in [2.05, 4.69) is 4.98 Å². The predicted molar refractivity (Wildman–Crippen MR) is 57.5 cm³/mol. The first-order valence-corrected chi connectivity index (χ1v) is 4.81. The Balaban J connectivity index is 2.50. The van der Waals surface area contributed by atoms with Crippen LogP contribution >= 0.6 is 0 Å². The van der Waals surface area contributed by atoms with Gasteiger partial charge in [-0.05, 0) is 23.8 Å². The highest BCUT2D eigenvalue weighted by Gasteiger charge is 2.11. The third-order valence-electron chi connectivity index (χ3n) is 2.28. The topological polar surface area (TPSA) is 38.9 Å². The summed E-state index contributed by atoms with van der Waals surface area (Å²) in [7, 11) is 0. The molecular weight excluding hydrogens is 210 g/mol. The Kier molecular flexibility index (Phi) is 2.92. The van der Waals surface area contributed by atoms with Crippen LogP contribution in [-0.4, -0.2) is 4.98 Å². The molecule has 0 saturated heterocycles. The molecule has 0 fully saturated rings. The van der Waals surface area contributed by atoms with Crippen LogP contribution in [0.15, 0.2) is 36.5 Å². The van der Waals surface area contributed by atoms with Crippen LogP contribution in [-0.2, 0) is 6.54 Å². The minimum atomic E-state index is -0.618. The molecule has 0 bridgehead atoms. The molecule has 1 aromatic heterocycles. The van der Waals surface area contributed by atoms with Crippen molar-refractivity contribution in [1.29, 1.82) is 0 Å². The summed E-state index contributed by atoms with van der Waals surface area (Å²) in [6, 6.07) is 6.99. The Bertz CT molecular complexity index is 475. The van der Waals surface area contributed by atoms with Gasteiger partial charge in [0.2, 0.25) is 0 Å². The van der Waals surface area contributed by atoms with Gasteiger partial charge in [0.05, 0.1) is 11.3 Å². The summed E-state index contributed by atoms with van der Waals surface area (Å²) >= 11 is 0. The SMILES string of the molecule is NCc1ccc(-c2c(F)cccc2F)nc1. The number of nitrogens with zero attached hydrogens (tertiary/aromatic N) is 1. The van der Waals surface area contributed by atoms with Crippen molar-refractivity contribution >= 4 is 0 Å². The van der Waals surface area contributed by atoms with Crippen molar-refractivity contribution < 1.29 is 8.78 Å². The fourth-order valence-corrected chi connectivity index (χ4v) is 1.44. The lowest BCUT2D eigenvalue weighted by atomic mass is 10.1. The molecule has 2 rings (SSSR count). The molecule has 2 N–H and O–H groups in total. The van der Waals surface area contributed by atoms with Gasteiger partial charge in [0, 0.05) is 12.7 Å². The highest BCUT2D eigenvalue weighted by molar-refractivity contribution is 5.60. The second-order valence-corrected chi connectivity index (χ2v) is 3.35. The summed E-state index contributed by atoms with van der Waals surface area (Å²) < 4.78 is 26.8. The Morgan fingerprint density at radius 2 is 1.75 bits per heavy atom. The second-order valence-electron chi connectivity index (χ2n) is 3.35. The molecule has 0 atom stereocenters. The van der Waals surface area contributed by atoms with E-state index in [-0.39, 0.29) is 11.3 Å². The van der Waals surface area contributed by atoms with Gasteiger partial charge in [-0.2, -0.15) is 0 Å². The van der Waals surface area contributed by atoms with Gasteiger partial charge < -0.3 is 5.73 Å². The van der Waals surface area contributed by atoms with Gasteiger partial charge in [-0.15, -0.1) is 0 Å². The zero-order chi connectivity index (χ0) is 11.5. The number of aromatic nitrogens is 1. The molecule has 2 aromatic rings. The molecule has 82 valence electrons. The molecule has 0 radical (unpaired) electrons. The van der Waals surface area contributed by atoms with Crippen molar-refractivity contribution in [2.24, 2.45) is 5.73 Å². The van der Waals surface area contributed by atoms with E-state index in [1.54, 1.807) is 12.1 Å². The maximum absolute atomic E-state index is 13.4. The highest BCUT2D eigenvalue weighted by atomic mass is 19.1. The average Bonchev–Trinajstić information content (AvgIpc) is 2.30. The van der Waals surface area contributed by atoms with Gasteiger partial charge in [-0.1, -0.05) is 12.1 Å². The third kappa shape index (κ3) is 1.92. The van der Waals surface area contributed by atoms with Gasteiger partial charge in [-0.25, -0.2) is 8.78 Å². The lowest BCUT2D eigenvalue weighted by Crippen LogP contribution is -1.98. The van der Waals surface area contributed by atoms with Crippen molar-refractivity contribution in [3.05, 3.63) is 53.7 Å². The fourth-order valence-electron chi connectivity index (χ4n) is 1.44. The van der Waals surface area contributed by atoms with E-state index in [9.17, 15) is 8.78 Å². The van der Waals surface area contributed by atoms with E-state index < -0.39 is 11.6 Å². The monoisotopic (exact) mass is 220 g/mol. The van der Waals surface area contributed by atoms with E-state index in [1.807, 2.05) is 0 Å². The third-order valence-corrected chi connectivity index (χ3v) is 2.28. The van der Waals surface area contributed by atoms with Crippen molar-refractivity contribution in [2.45, 2.75) is 6.54 Å². The number of halogens is 2. The molecule has 4 heteroatoms. The highest BCUT2D eigenvalue weighted by Crippen LogP contribution is 2.23. The minimum absolute atomic E-state index is 0.105. The first kappa shape index (κ1) is 10.7. The molecule has 0 aliphatic carbocycles. The van der Waals surface area contributed by atoms with Gasteiger partial charge >= 0.3 is 0 Å². The summed E-state index contributed by atoms with van der Waals surface area (Å²) in [5, 5.41) is 0. The van der Waals surface area contributed by atoms with Crippen LogP contribution in [0.25, 0.3) is 11.3 Å². The largest absolute Gasteiger partial charge is 0.326 e. The smallest absolute Gasteiger partial charge is 0.135 e. The molecule has 16 heavy (non-hydrogen) atoms. The Labute approximate surface area is 91.7 Å². The van der Waals surface area contributed by atoms with Crippen molar-refractivity contribution in [2.75, 3.05) is 0 Å². The molecule has 0 aliphatic rings. The van der Waals surface area contributed by atoms with Crippen LogP contribution in [0.5, 0.6) is 0 Å². The number of hydrogen-bond donors (Lipinski definition) is 1. The average molecular weight is 220 g/mol. The summed E-state index contributed by atoms with van der Waals surface area (Å²) in [5.41, 5.74) is 6.40. The fraction of sp³-hybridized carbons (Fsp3) is 0.0833. The summed E-state index contributed by atoms with van der Waals surface area (Å²) in [5.74, 6) is -1.24. The van der Waals surface area contributed by atoms with Crippen LogP contribution in [0.3, 0.4) is 0 Å². The summed E-state index contributed by atoms with van der Waals surface area (Å²) in [6.07, 6.45) is 1.52. The zero-order valence-electron chi connectivity index (χ0n) is 8.45. The Morgan fingerprint density at radius 1 is 1.06 bits per heavy atom. The molecular formula is C12H10F2N2. The van der Waals surface area contributed by atoms with Gasteiger partial charge in [0.15, 0.2) is 0 Å². The molecule has 2 nitrogen and oxygen atoms in total. The Morgan fingerprint density at radius 3 is 2.25 bits per heavy atom. The van der Waals surface area contributed by atoms with Crippen molar-refractivity contribution in [3.8, 4) is 11.3 Å².